The maximum Gasteiger partial charge on any atom is 0.416 e. The number of benzene rings is 1. The molecule has 2 aromatic rings. The van der Waals surface area contributed by atoms with Crippen molar-refractivity contribution >= 4 is 46.4 Å². The third kappa shape index (κ3) is 5.89. The first-order chi connectivity index (χ1) is 15.6. The number of carbonyl (C=O) groups excluding carboxylic acids is 3. The lowest BCUT2D eigenvalue weighted by molar-refractivity contribution is -0.137. The summed E-state index contributed by atoms with van der Waals surface area (Å²) in [5, 5.41) is 16.0. The van der Waals surface area contributed by atoms with Crippen LogP contribution in [0, 0.1) is 0 Å². The Morgan fingerprint density at radius 2 is 1.73 bits per heavy atom. The van der Waals surface area contributed by atoms with Crippen LogP contribution in [-0.4, -0.2) is 41.6 Å². The number of amides is 2. The molecule has 2 amide bonds. The fourth-order valence-electron chi connectivity index (χ4n) is 2.83. The van der Waals surface area contributed by atoms with Gasteiger partial charge in [-0.05, 0) is 42.2 Å². The lowest BCUT2D eigenvalue weighted by Crippen LogP contribution is -2.25. The lowest BCUT2D eigenvalue weighted by atomic mass is 10.0. The van der Waals surface area contributed by atoms with Crippen LogP contribution in [0.2, 0.25) is 0 Å². The van der Waals surface area contributed by atoms with Gasteiger partial charge in [0.25, 0.3) is 11.8 Å². The number of allylic oxidation sites excluding steroid dienone is 1. The number of hydrogen-bond acceptors (Lipinski definition) is 7. The van der Waals surface area contributed by atoms with Crippen LogP contribution < -0.4 is 10.7 Å². The van der Waals surface area contributed by atoms with Crippen LogP contribution in [0.4, 0.5) is 13.2 Å². The van der Waals surface area contributed by atoms with Crippen molar-refractivity contribution in [1.29, 1.82) is 0 Å². The number of thioether (sulfide) groups is 1. The number of nitrogens with one attached hydrogen (secondary N) is 2. The molecule has 1 aliphatic heterocycles. The number of aliphatic hydroxyl groups excluding tert-OH is 1. The molecule has 1 aromatic heterocycles. The minimum absolute atomic E-state index is 0.0936. The SMILES string of the molecule is C/C(=N\NC(=O)c1ccc(C(=O)NCCO)s1)C1=CSC(c2ccc(C(F)(F)F)cc2)C1=O. The summed E-state index contributed by atoms with van der Waals surface area (Å²) >= 11 is 2.09. The molecule has 0 aliphatic carbocycles. The topological polar surface area (TPSA) is 108 Å². The average Bonchev–Trinajstić information content (AvgIpc) is 3.42. The summed E-state index contributed by atoms with van der Waals surface area (Å²) in [4.78, 5) is 37.4. The number of hydrogen-bond donors (Lipinski definition) is 3. The Morgan fingerprint density at radius 3 is 2.33 bits per heavy atom. The highest BCUT2D eigenvalue weighted by molar-refractivity contribution is 8.03. The summed E-state index contributed by atoms with van der Waals surface area (Å²) in [6.07, 6.45) is -4.46. The molecule has 33 heavy (non-hydrogen) atoms. The smallest absolute Gasteiger partial charge is 0.395 e. The van der Waals surface area contributed by atoms with Gasteiger partial charge in [-0.3, -0.25) is 14.4 Å². The summed E-state index contributed by atoms with van der Waals surface area (Å²) in [5.41, 5.74) is 2.47. The Bertz CT molecular complexity index is 1120. The van der Waals surface area contributed by atoms with Crippen molar-refractivity contribution in [1.82, 2.24) is 10.7 Å². The molecule has 3 rings (SSSR count). The molecule has 0 fully saturated rings. The van der Waals surface area contributed by atoms with Gasteiger partial charge >= 0.3 is 6.18 Å². The molecular formula is C21H18F3N3O4S2. The van der Waals surface area contributed by atoms with E-state index in [1.165, 1.54) is 31.2 Å². The number of aliphatic hydroxyl groups is 1. The second-order valence-electron chi connectivity index (χ2n) is 6.81. The van der Waals surface area contributed by atoms with Gasteiger partial charge < -0.3 is 10.4 Å². The first kappa shape index (κ1) is 24.7. The van der Waals surface area contributed by atoms with Crippen molar-refractivity contribution in [3.8, 4) is 0 Å². The number of ketones is 1. The predicted molar refractivity (Wildman–Crippen MR) is 119 cm³/mol. The van der Waals surface area contributed by atoms with E-state index < -0.39 is 28.8 Å². The standard InChI is InChI=1S/C21H18F3N3O4S2/c1-11(26-27-20(31)16-7-6-15(33-16)19(30)25-8-9-28)14-10-32-18(17(14)29)12-2-4-13(5-3-12)21(22,23)24/h2-7,10,18,28H,8-9H2,1H3,(H,25,30)(H,27,31)/b26-11+. The van der Waals surface area contributed by atoms with E-state index in [1.54, 1.807) is 5.41 Å². The number of carbonyl (C=O) groups is 3. The summed E-state index contributed by atoms with van der Waals surface area (Å²) in [7, 11) is 0. The second kappa shape index (κ2) is 10.3. The van der Waals surface area contributed by atoms with Crippen molar-refractivity contribution in [3.63, 3.8) is 0 Å². The van der Waals surface area contributed by atoms with Gasteiger partial charge in [0, 0.05) is 12.1 Å². The minimum atomic E-state index is -4.46. The zero-order valence-corrected chi connectivity index (χ0v) is 18.7. The van der Waals surface area contributed by atoms with Gasteiger partial charge in [0.2, 0.25) is 0 Å². The second-order valence-corrected chi connectivity index (χ2v) is 8.88. The van der Waals surface area contributed by atoms with E-state index in [2.05, 4.69) is 15.8 Å². The third-order valence-electron chi connectivity index (χ3n) is 4.53. The molecule has 0 bridgehead atoms. The molecule has 0 radical (unpaired) electrons. The van der Waals surface area contributed by atoms with Gasteiger partial charge in [-0.1, -0.05) is 12.1 Å². The van der Waals surface area contributed by atoms with Crippen LogP contribution in [0.1, 0.15) is 42.6 Å². The largest absolute Gasteiger partial charge is 0.416 e. The molecule has 1 atom stereocenters. The fourth-order valence-corrected chi connectivity index (χ4v) is 4.76. The van der Waals surface area contributed by atoms with Crippen molar-refractivity contribution < 1.29 is 32.7 Å². The maximum absolute atomic E-state index is 12.7. The molecule has 1 aromatic carbocycles. The van der Waals surface area contributed by atoms with Gasteiger partial charge in [-0.2, -0.15) is 18.3 Å². The van der Waals surface area contributed by atoms with Crippen LogP contribution in [-0.2, 0) is 11.0 Å². The quantitative estimate of drug-likeness (QED) is 0.401. The number of halogens is 3. The predicted octanol–water partition coefficient (Wildman–Crippen LogP) is 3.54. The van der Waals surface area contributed by atoms with Gasteiger partial charge in [0.05, 0.1) is 32.9 Å². The number of nitrogens with zero attached hydrogens (tertiary/aromatic N) is 1. The fraction of sp³-hybridized carbons (Fsp3) is 0.238. The Balaban J connectivity index is 1.62. The van der Waals surface area contributed by atoms with Crippen LogP contribution in [0.5, 0.6) is 0 Å². The zero-order valence-electron chi connectivity index (χ0n) is 17.1. The Hall–Kier alpha value is -2.96. The molecule has 0 saturated carbocycles. The van der Waals surface area contributed by atoms with E-state index in [9.17, 15) is 27.6 Å². The molecule has 2 heterocycles. The zero-order chi connectivity index (χ0) is 24.2. The average molecular weight is 498 g/mol. The number of hydrazone groups is 1. The van der Waals surface area contributed by atoms with Crippen molar-refractivity contribution in [2.75, 3.05) is 13.2 Å². The first-order valence-electron chi connectivity index (χ1n) is 9.52. The van der Waals surface area contributed by atoms with Crippen LogP contribution in [0.25, 0.3) is 0 Å². The van der Waals surface area contributed by atoms with E-state index in [1.807, 2.05) is 0 Å². The number of alkyl halides is 3. The molecule has 0 spiro atoms. The van der Waals surface area contributed by atoms with E-state index in [0.717, 1.165) is 35.2 Å². The first-order valence-corrected chi connectivity index (χ1v) is 11.3. The maximum atomic E-state index is 12.7. The molecular weight excluding hydrogens is 479 g/mol. The minimum Gasteiger partial charge on any atom is -0.395 e. The molecule has 12 heteroatoms. The van der Waals surface area contributed by atoms with E-state index in [-0.39, 0.29) is 35.1 Å². The lowest BCUT2D eigenvalue weighted by Gasteiger charge is -2.11. The van der Waals surface area contributed by atoms with E-state index in [0.29, 0.717) is 10.4 Å². The van der Waals surface area contributed by atoms with E-state index >= 15 is 0 Å². The summed E-state index contributed by atoms with van der Waals surface area (Å²) in [6.45, 7) is 1.42. The highest BCUT2D eigenvalue weighted by atomic mass is 32.2. The summed E-state index contributed by atoms with van der Waals surface area (Å²) < 4.78 is 38.2. The number of thiophene rings is 1. The normalized spacial score (nSPS) is 16.5. The summed E-state index contributed by atoms with van der Waals surface area (Å²) in [6, 6.07) is 7.33. The number of rotatable bonds is 7. The van der Waals surface area contributed by atoms with Crippen LogP contribution >= 0.6 is 23.1 Å². The molecule has 3 N–H and O–H groups in total. The van der Waals surface area contributed by atoms with Gasteiger partial charge in [-0.25, -0.2) is 5.43 Å². The summed E-state index contributed by atoms with van der Waals surface area (Å²) in [5.74, 6) is -1.31. The van der Waals surface area contributed by atoms with Gasteiger partial charge in [0.15, 0.2) is 5.78 Å². The molecule has 7 nitrogen and oxygen atoms in total. The van der Waals surface area contributed by atoms with Crippen molar-refractivity contribution in [2.24, 2.45) is 5.10 Å². The molecule has 1 unspecified atom stereocenters. The Labute approximate surface area is 194 Å². The monoisotopic (exact) mass is 497 g/mol. The van der Waals surface area contributed by atoms with Crippen LogP contribution in [0.15, 0.2) is 52.5 Å². The van der Waals surface area contributed by atoms with Gasteiger partial charge in [-0.15, -0.1) is 23.1 Å². The Morgan fingerprint density at radius 1 is 1.09 bits per heavy atom. The van der Waals surface area contributed by atoms with E-state index in [4.69, 9.17) is 5.11 Å². The van der Waals surface area contributed by atoms with Gasteiger partial charge in [0.1, 0.15) is 0 Å². The Kier molecular flexibility index (Phi) is 7.72. The number of Topliss-reactive ketones (excluding diaryl/α,β-unsaturated/α-hetero) is 1. The highest BCUT2D eigenvalue weighted by Crippen LogP contribution is 2.40. The van der Waals surface area contributed by atoms with Crippen molar-refractivity contribution in [2.45, 2.75) is 18.3 Å². The molecule has 0 saturated heterocycles. The molecule has 174 valence electrons. The van der Waals surface area contributed by atoms with Crippen LogP contribution in [0.3, 0.4) is 0 Å². The third-order valence-corrected chi connectivity index (χ3v) is 6.75. The van der Waals surface area contributed by atoms with Crippen molar-refractivity contribution in [3.05, 3.63) is 68.3 Å². The molecule has 1 aliphatic rings. The highest BCUT2D eigenvalue weighted by Gasteiger charge is 2.33.